The predicted molar refractivity (Wildman–Crippen MR) is 50.0 cm³/mol. The summed E-state index contributed by atoms with van der Waals surface area (Å²) >= 11 is 0. The second kappa shape index (κ2) is 5.44. The van der Waals surface area contributed by atoms with Gasteiger partial charge in [0.05, 0.1) is 0 Å². The molecule has 0 saturated carbocycles. The van der Waals surface area contributed by atoms with Gasteiger partial charge in [0.1, 0.15) is 12.1 Å². The van der Waals surface area contributed by atoms with Crippen molar-refractivity contribution in [2.45, 2.75) is 6.42 Å². The van der Waals surface area contributed by atoms with Gasteiger partial charge < -0.3 is 11.1 Å². The van der Waals surface area contributed by atoms with Gasteiger partial charge in [-0.1, -0.05) is 11.2 Å². The molecule has 2 aromatic heterocycles. The summed E-state index contributed by atoms with van der Waals surface area (Å²) in [5, 5.41) is 12.1. The molecule has 1 N–H and O–H groups in total. The zero-order chi connectivity index (χ0) is 10.7. The fourth-order valence-electron chi connectivity index (χ4n) is 1.06. The molecule has 0 atom stereocenters. The van der Waals surface area contributed by atoms with Gasteiger partial charge in [-0.15, -0.1) is 0 Å². The average molecular weight is 213 g/mol. The molecule has 0 aromatic carbocycles. The molecule has 0 spiro atoms. The molecule has 78 valence electrons. The number of carbonyl (C=O) groups is 1. The third-order valence-electron chi connectivity index (χ3n) is 1.66. The van der Waals surface area contributed by atoms with Crippen LogP contribution in [0.2, 0.25) is 0 Å². The van der Waals surface area contributed by atoms with Crippen LogP contribution in [0.3, 0.4) is 0 Å². The Bertz CT molecular complexity index is 477. The quantitative estimate of drug-likeness (QED) is 0.586. The summed E-state index contributed by atoms with van der Waals surface area (Å²) in [5.74, 6) is -0.638. The van der Waals surface area contributed by atoms with Crippen molar-refractivity contribution in [1.82, 2.24) is 15.1 Å². The van der Waals surface area contributed by atoms with Gasteiger partial charge in [-0.05, 0) is 12.1 Å². The molecule has 2 rings (SSSR count). The van der Waals surface area contributed by atoms with Crippen LogP contribution in [-0.4, -0.2) is 26.2 Å². The molecule has 7 heteroatoms. The standard InChI is InChI=1S/C9H7N3O3.Li.H/c13-8(14)5-7-11-9(12-15-7)6-3-1-2-4-10-6;;/h1-4H,5H2,(H,13,14);;/q;+1;-1. The Labute approximate surface area is 104 Å². The van der Waals surface area contributed by atoms with Crippen molar-refractivity contribution in [1.29, 1.82) is 0 Å². The number of pyridine rings is 1. The van der Waals surface area contributed by atoms with E-state index in [1.54, 1.807) is 24.4 Å². The first-order valence-corrected chi connectivity index (χ1v) is 4.21. The third-order valence-corrected chi connectivity index (χ3v) is 1.66. The summed E-state index contributed by atoms with van der Waals surface area (Å²) < 4.78 is 4.75. The molecule has 6 nitrogen and oxygen atoms in total. The first-order valence-electron chi connectivity index (χ1n) is 4.21. The van der Waals surface area contributed by atoms with Crippen LogP contribution in [0.25, 0.3) is 11.5 Å². The summed E-state index contributed by atoms with van der Waals surface area (Å²) in [4.78, 5) is 18.3. The number of rotatable bonds is 3. The second-order valence-corrected chi connectivity index (χ2v) is 2.80. The van der Waals surface area contributed by atoms with E-state index in [2.05, 4.69) is 15.1 Å². The van der Waals surface area contributed by atoms with Crippen molar-refractivity contribution in [3.8, 4) is 11.5 Å². The first-order chi connectivity index (χ1) is 7.25. The van der Waals surface area contributed by atoms with Crippen LogP contribution in [0.5, 0.6) is 0 Å². The average Bonchev–Trinajstić information content (AvgIpc) is 2.67. The second-order valence-electron chi connectivity index (χ2n) is 2.80. The first kappa shape index (κ1) is 12.4. The zero-order valence-electron chi connectivity index (χ0n) is 9.62. The minimum atomic E-state index is -1.01. The van der Waals surface area contributed by atoms with Gasteiger partial charge in [-0.2, -0.15) is 4.98 Å². The van der Waals surface area contributed by atoms with Crippen molar-refractivity contribution in [3.63, 3.8) is 0 Å². The molecule has 0 unspecified atom stereocenters. The molecule has 0 fully saturated rings. The van der Waals surface area contributed by atoms with Crippen LogP contribution in [0.4, 0.5) is 0 Å². The SMILES string of the molecule is O=C(O)Cc1nc(-c2ccccn2)no1.[H-].[Li+]. The van der Waals surface area contributed by atoms with E-state index in [-0.39, 0.29) is 32.6 Å². The van der Waals surface area contributed by atoms with E-state index >= 15 is 0 Å². The Morgan fingerprint density at radius 2 is 2.31 bits per heavy atom. The summed E-state index contributed by atoms with van der Waals surface area (Å²) in [6, 6.07) is 5.27. The summed E-state index contributed by atoms with van der Waals surface area (Å²) in [5.41, 5.74) is 0.554. The number of aliphatic carboxylic acids is 1. The molecule has 2 aromatic rings. The molecule has 2 heterocycles. The van der Waals surface area contributed by atoms with Crippen molar-refractivity contribution < 1.29 is 34.7 Å². The molecular weight excluding hydrogens is 205 g/mol. The van der Waals surface area contributed by atoms with Gasteiger partial charge in [-0.3, -0.25) is 9.78 Å². The van der Waals surface area contributed by atoms with Crippen LogP contribution < -0.4 is 18.9 Å². The van der Waals surface area contributed by atoms with Crippen LogP contribution in [0.15, 0.2) is 28.9 Å². The van der Waals surface area contributed by atoms with Crippen LogP contribution in [0, 0.1) is 0 Å². The summed E-state index contributed by atoms with van der Waals surface area (Å²) in [6.07, 6.45) is 1.32. The van der Waals surface area contributed by atoms with Gasteiger partial charge in [0, 0.05) is 6.20 Å². The van der Waals surface area contributed by atoms with Crippen molar-refractivity contribution in [3.05, 3.63) is 30.3 Å². The maximum atomic E-state index is 10.4. The van der Waals surface area contributed by atoms with E-state index in [1.807, 2.05) is 0 Å². The molecule has 0 aliphatic rings. The maximum Gasteiger partial charge on any atom is 1.00 e. The van der Waals surface area contributed by atoms with E-state index < -0.39 is 5.97 Å². The zero-order valence-corrected chi connectivity index (χ0v) is 8.62. The number of carboxylic acids is 1. The summed E-state index contributed by atoms with van der Waals surface area (Å²) in [6.45, 7) is 0. The smallest absolute Gasteiger partial charge is 1.00 e. The fourth-order valence-corrected chi connectivity index (χ4v) is 1.06. The van der Waals surface area contributed by atoms with Crippen LogP contribution >= 0.6 is 0 Å². The van der Waals surface area contributed by atoms with Crippen molar-refractivity contribution >= 4 is 5.97 Å². The van der Waals surface area contributed by atoms with Gasteiger partial charge in [0.2, 0.25) is 11.7 Å². The maximum absolute atomic E-state index is 10.4. The Morgan fingerprint density at radius 3 is 2.94 bits per heavy atom. The monoisotopic (exact) mass is 213 g/mol. The number of hydrogen-bond acceptors (Lipinski definition) is 5. The molecule has 0 aliphatic heterocycles. The predicted octanol–water partition coefficient (Wildman–Crippen LogP) is -2.12. The Hall–Kier alpha value is -1.64. The third kappa shape index (κ3) is 2.92. The van der Waals surface area contributed by atoms with E-state index in [4.69, 9.17) is 9.63 Å². The van der Waals surface area contributed by atoms with E-state index in [0.717, 1.165) is 0 Å². The minimum Gasteiger partial charge on any atom is -1.00 e. The molecule has 0 aliphatic carbocycles. The number of nitrogens with zero attached hydrogens (tertiary/aromatic N) is 3. The van der Waals surface area contributed by atoms with Gasteiger partial charge in [0.15, 0.2) is 0 Å². The molecule has 16 heavy (non-hydrogen) atoms. The fraction of sp³-hybridized carbons (Fsp3) is 0.111. The molecule has 0 amide bonds. The molecule has 0 radical (unpaired) electrons. The topological polar surface area (TPSA) is 89.1 Å². The van der Waals surface area contributed by atoms with Gasteiger partial charge in [0.25, 0.3) is 0 Å². The number of carboxylic acid groups (broad SMARTS) is 1. The van der Waals surface area contributed by atoms with Gasteiger partial charge >= 0.3 is 24.8 Å². The largest absolute Gasteiger partial charge is 1.00 e. The van der Waals surface area contributed by atoms with Crippen LogP contribution in [0.1, 0.15) is 7.32 Å². The molecular formula is C9H8LiN3O3. The van der Waals surface area contributed by atoms with E-state index in [9.17, 15) is 4.79 Å². The van der Waals surface area contributed by atoms with Crippen molar-refractivity contribution in [2.75, 3.05) is 0 Å². The minimum absolute atomic E-state index is 0. The Balaban J connectivity index is 0.00000128. The van der Waals surface area contributed by atoms with Gasteiger partial charge in [-0.25, -0.2) is 0 Å². The van der Waals surface area contributed by atoms with Crippen LogP contribution in [-0.2, 0) is 11.2 Å². The Kier molecular flexibility index (Phi) is 4.23. The van der Waals surface area contributed by atoms with Crippen molar-refractivity contribution in [2.24, 2.45) is 0 Å². The Morgan fingerprint density at radius 1 is 1.50 bits per heavy atom. The number of hydrogen-bond donors (Lipinski definition) is 1. The molecule has 0 bridgehead atoms. The normalized spacial score (nSPS) is 9.50. The number of aromatic nitrogens is 3. The van der Waals surface area contributed by atoms with E-state index in [0.29, 0.717) is 11.5 Å². The van der Waals surface area contributed by atoms with E-state index in [1.165, 1.54) is 0 Å². The molecule has 0 saturated heterocycles. The summed E-state index contributed by atoms with van der Waals surface area (Å²) in [7, 11) is 0.